The zero-order chi connectivity index (χ0) is 15.0. The van der Waals surface area contributed by atoms with Gasteiger partial charge in [0.15, 0.2) is 0 Å². The van der Waals surface area contributed by atoms with Gasteiger partial charge in [0.25, 0.3) is 0 Å². The molecule has 2 bridgehead atoms. The second kappa shape index (κ2) is 5.48. The molecule has 0 aliphatic carbocycles. The Hall–Kier alpha value is -1.30. The lowest BCUT2D eigenvalue weighted by molar-refractivity contribution is -0.141. The zero-order valence-electron chi connectivity index (χ0n) is 12.0. The van der Waals surface area contributed by atoms with E-state index >= 15 is 0 Å². The number of nitrogens with zero attached hydrogens (tertiary/aromatic N) is 2. The Labute approximate surface area is 122 Å². The van der Waals surface area contributed by atoms with Crippen LogP contribution in [0.2, 0.25) is 0 Å². The minimum absolute atomic E-state index is 0.282. The molecular weight excluding hydrogens is 279 g/mol. The fourth-order valence-corrected chi connectivity index (χ4v) is 3.63. The van der Waals surface area contributed by atoms with Gasteiger partial charge in [0.05, 0.1) is 0 Å². The Morgan fingerprint density at radius 1 is 1.24 bits per heavy atom. The highest BCUT2D eigenvalue weighted by atomic mass is 19.4. The zero-order valence-corrected chi connectivity index (χ0v) is 12.0. The Balaban J connectivity index is 1.83. The average molecular weight is 299 g/mol. The number of alkyl halides is 3. The average Bonchev–Trinajstić information content (AvgIpc) is 2.78. The van der Waals surface area contributed by atoms with Crippen molar-refractivity contribution < 1.29 is 13.2 Å². The molecule has 0 spiro atoms. The highest BCUT2D eigenvalue weighted by Gasteiger charge is 2.37. The molecule has 2 aliphatic heterocycles. The van der Waals surface area contributed by atoms with E-state index < -0.39 is 11.9 Å². The van der Waals surface area contributed by atoms with Gasteiger partial charge in [0.2, 0.25) is 0 Å². The van der Waals surface area contributed by atoms with Gasteiger partial charge >= 0.3 is 6.18 Å². The van der Waals surface area contributed by atoms with Crippen molar-refractivity contribution in [1.29, 1.82) is 0 Å². The summed E-state index contributed by atoms with van der Waals surface area (Å²) in [5, 5.41) is 3.56. The van der Waals surface area contributed by atoms with Crippen LogP contribution in [0.3, 0.4) is 0 Å². The molecule has 0 saturated carbocycles. The van der Waals surface area contributed by atoms with Gasteiger partial charge in [-0.3, -0.25) is 0 Å². The molecule has 0 aromatic carbocycles. The number of aromatic nitrogens is 1. The van der Waals surface area contributed by atoms with Crippen LogP contribution in [0.1, 0.15) is 38.3 Å². The molecule has 2 atom stereocenters. The number of hydrogen-bond acceptors (Lipinski definition) is 3. The van der Waals surface area contributed by atoms with E-state index in [1.165, 1.54) is 18.9 Å². The molecule has 2 saturated heterocycles. The molecule has 3 heterocycles. The lowest BCUT2D eigenvalue weighted by Crippen LogP contribution is -2.48. The van der Waals surface area contributed by atoms with E-state index in [0.29, 0.717) is 24.4 Å². The van der Waals surface area contributed by atoms with Crippen molar-refractivity contribution in [3.63, 3.8) is 0 Å². The molecule has 2 fully saturated rings. The van der Waals surface area contributed by atoms with Crippen LogP contribution < -0.4 is 10.2 Å². The Bertz CT molecular complexity index is 491. The molecule has 3 nitrogen and oxygen atoms in total. The van der Waals surface area contributed by atoms with Gasteiger partial charge in [-0.2, -0.15) is 13.2 Å². The first-order valence-electron chi connectivity index (χ1n) is 7.54. The summed E-state index contributed by atoms with van der Waals surface area (Å²) in [6.07, 6.45) is -0.0589. The lowest BCUT2D eigenvalue weighted by atomic mass is 9.98. The third-order valence-electron chi connectivity index (χ3n) is 4.55. The van der Waals surface area contributed by atoms with Crippen molar-refractivity contribution in [3.05, 3.63) is 23.9 Å². The van der Waals surface area contributed by atoms with Crippen LogP contribution >= 0.6 is 0 Å². The predicted octanol–water partition coefficient (Wildman–Crippen LogP) is 3.21. The number of pyridine rings is 1. The van der Waals surface area contributed by atoms with Gasteiger partial charge in [-0.25, -0.2) is 4.98 Å². The molecule has 1 aromatic heterocycles. The monoisotopic (exact) mass is 299 g/mol. The van der Waals surface area contributed by atoms with E-state index in [4.69, 9.17) is 0 Å². The summed E-state index contributed by atoms with van der Waals surface area (Å²) in [7, 11) is 0. The Morgan fingerprint density at radius 2 is 1.90 bits per heavy atom. The van der Waals surface area contributed by atoms with Gasteiger partial charge in [0.1, 0.15) is 11.5 Å². The van der Waals surface area contributed by atoms with Crippen LogP contribution in [0.4, 0.5) is 19.0 Å². The maximum atomic E-state index is 12.8. The summed E-state index contributed by atoms with van der Waals surface area (Å²) in [5.41, 5.74) is -0.810. The quantitative estimate of drug-likeness (QED) is 0.929. The van der Waals surface area contributed by atoms with E-state index in [1.807, 2.05) is 11.8 Å². The van der Waals surface area contributed by atoms with Gasteiger partial charge in [-0.05, 0) is 44.7 Å². The number of nitrogens with one attached hydrogen (secondary N) is 1. The standard InChI is InChI=1S/C15H20F3N3/c1-2-21(12-8-10-6-7-11(9-12)19-10)14-5-3-4-13(20-14)15(16,17)18/h3-5,10-12,19H,2,6-9H2,1H3. The fraction of sp³-hybridized carbons (Fsp3) is 0.667. The highest BCUT2D eigenvalue weighted by Crippen LogP contribution is 2.33. The van der Waals surface area contributed by atoms with Crippen LogP contribution in [-0.4, -0.2) is 29.7 Å². The van der Waals surface area contributed by atoms with Crippen LogP contribution in [0.5, 0.6) is 0 Å². The van der Waals surface area contributed by atoms with Crippen molar-refractivity contribution in [2.45, 2.75) is 56.9 Å². The molecule has 116 valence electrons. The van der Waals surface area contributed by atoms with Crippen LogP contribution in [0, 0.1) is 0 Å². The van der Waals surface area contributed by atoms with Crippen molar-refractivity contribution >= 4 is 5.82 Å². The summed E-state index contributed by atoms with van der Waals surface area (Å²) in [6.45, 7) is 2.66. The minimum atomic E-state index is -4.39. The Kier molecular flexibility index (Phi) is 3.82. The number of fused-ring (bicyclic) bond motifs is 2. The number of anilines is 1. The predicted molar refractivity (Wildman–Crippen MR) is 75.2 cm³/mol. The molecule has 21 heavy (non-hydrogen) atoms. The highest BCUT2D eigenvalue weighted by molar-refractivity contribution is 5.41. The van der Waals surface area contributed by atoms with Crippen LogP contribution in [0.15, 0.2) is 18.2 Å². The van der Waals surface area contributed by atoms with E-state index in [1.54, 1.807) is 6.07 Å². The maximum absolute atomic E-state index is 12.8. The number of piperidine rings is 1. The summed E-state index contributed by atoms with van der Waals surface area (Å²) in [6, 6.07) is 5.46. The molecule has 2 aliphatic rings. The van der Waals surface area contributed by atoms with Crippen molar-refractivity contribution in [2.75, 3.05) is 11.4 Å². The van der Waals surface area contributed by atoms with E-state index in [0.717, 1.165) is 18.9 Å². The van der Waals surface area contributed by atoms with Gasteiger partial charge < -0.3 is 10.2 Å². The summed E-state index contributed by atoms with van der Waals surface area (Å²) in [5.74, 6) is 0.443. The van der Waals surface area contributed by atoms with Crippen LogP contribution in [-0.2, 0) is 6.18 Å². The first-order chi connectivity index (χ1) is 9.97. The molecule has 1 N–H and O–H groups in total. The van der Waals surface area contributed by atoms with Crippen molar-refractivity contribution in [1.82, 2.24) is 10.3 Å². The summed E-state index contributed by atoms with van der Waals surface area (Å²) in [4.78, 5) is 5.87. The first-order valence-corrected chi connectivity index (χ1v) is 7.54. The molecule has 6 heteroatoms. The van der Waals surface area contributed by atoms with Gasteiger partial charge in [-0.15, -0.1) is 0 Å². The molecule has 0 radical (unpaired) electrons. The fourth-order valence-electron chi connectivity index (χ4n) is 3.63. The van der Waals surface area contributed by atoms with Gasteiger partial charge in [-0.1, -0.05) is 6.07 Å². The van der Waals surface area contributed by atoms with E-state index in [9.17, 15) is 13.2 Å². The van der Waals surface area contributed by atoms with Gasteiger partial charge in [0, 0.05) is 24.7 Å². The topological polar surface area (TPSA) is 28.2 Å². The molecule has 2 unspecified atom stereocenters. The summed E-state index contributed by atoms with van der Waals surface area (Å²) < 4.78 is 38.5. The summed E-state index contributed by atoms with van der Waals surface area (Å²) >= 11 is 0. The van der Waals surface area contributed by atoms with E-state index in [-0.39, 0.29) is 6.04 Å². The number of rotatable bonds is 3. The van der Waals surface area contributed by atoms with Crippen molar-refractivity contribution in [3.8, 4) is 0 Å². The number of hydrogen-bond donors (Lipinski definition) is 1. The Morgan fingerprint density at radius 3 is 2.48 bits per heavy atom. The third-order valence-corrected chi connectivity index (χ3v) is 4.55. The van der Waals surface area contributed by atoms with Crippen LogP contribution in [0.25, 0.3) is 0 Å². The third kappa shape index (κ3) is 3.00. The maximum Gasteiger partial charge on any atom is 0.433 e. The normalized spacial score (nSPS) is 28.7. The molecular formula is C15H20F3N3. The van der Waals surface area contributed by atoms with E-state index in [2.05, 4.69) is 10.3 Å². The number of halogens is 3. The minimum Gasteiger partial charge on any atom is -0.354 e. The molecule has 0 amide bonds. The molecule has 3 rings (SSSR count). The second-order valence-electron chi connectivity index (χ2n) is 5.93. The largest absolute Gasteiger partial charge is 0.433 e. The SMILES string of the molecule is CCN(c1cccc(C(F)(F)F)n1)C1CC2CCC(C1)N2. The van der Waals surface area contributed by atoms with Crippen molar-refractivity contribution in [2.24, 2.45) is 0 Å². The lowest BCUT2D eigenvalue weighted by Gasteiger charge is -2.38. The second-order valence-corrected chi connectivity index (χ2v) is 5.93. The smallest absolute Gasteiger partial charge is 0.354 e. The first kappa shape index (κ1) is 14.6. The molecule has 1 aromatic rings.